The summed E-state index contributed by atoms with van der Waals surface area (Å²) in [5.74, 6) is -2.01. The Morgan fingerprint density at radius 1 is 1.20 bits per heavy atom. The molecule has 0 aromatic heterocycles. The number of ether oxygens (including phenoxy) is 1. The number of carboxylic acids is 1. The third-order valence-corrected chi connectivity index (χ3v) is 4.29. The van der Waals surface area contributed by atoms with Crippen LogP contribution in [-0.2, 0) is 17.6 Å². The third-order valence-electron chi connectivity index (χ3n) is 3.42. The molecule has 0 unspecified atom stereocenters. The highest BCUT2D eigenvalue weighted by atomic mass is 79.9. The molecule has 0 heterocycles. The number of hydrogen-bond donors (Lipinski definition) is 1. The minimum Gasteiger partial charge on any atom is -0.481 e. The average molecular weight is 403 g/mol. The van der Waals surface area contributed by atoms with Crippen molar-refractivity contribution in [3.05, 3.63) is 56.8 Å². The van der Waals surface area contributed by atoms with Crippen LogP contribution in [0, 0.1) is 28.5 Å². The predicted octanol–water partition coefficient (Wildman–Crippen LogP) is 4.31. The van der Waals surface area contributed by atoms with Gasteiger partial charge in [-0.15, -0.1) is 0 Å². The maximum atomic E-state index is 14.7. The van der Waals surface area contributed by atoms with Crippen LogP contribution in [0.15, 0.2) is 28.7 Å². The van der Waals surface area contributed by atoms with E-state index in [1.54, 1.807) is 0 Å². The monoisotopic (exact) mass is 402 g/mol. The van der Waals surface area contributed by atoms with Gasteiger partial charge >= 0.3 is 5.97 Å². The zero-order valence-corrected chi connectivity index (χ0v) is 14.7. The first-order valence-electron chi connectivity index (χ1n) is 7.24. The Labute approximate surface area is 152 Å². The van der Waals surface area contributed by atoms with Crippen LogP contribution < -0.4 is 4.74 Å². The zero-order valence-electron chi connectivity index (χ0n) is 13.1. The second-order valence-electron chi connectivity index (χ2n) is 5.15. The Hall–Kier alpha value is -2.90. The molecule has 0 saturated carbocycles. The zero-order chi connectivity index (χ0) is 18.6. The van der Waals surface area contributed by atoms with E-state index in [4.69, 9.17) is 20.4 Å². The maximum Gasteiger partial charge on any atom is 0.307 e. The lowest BCUT2D eigenvalue weighted by Gasteiger charge is -2.15. The van der Waals surface area contributed by atoms with Crippen molar-refractivity contribution in [2.24, 2.45) is 0 Å². The Morgan fingerprint density at radius 3 is 2.28 bits per heavy atom. The van der Waals surface area contributed by atoms with Gasteiger partial charge in [0, 0.05) is 5.56 Å². The van der Waals surface area contributed by atoms with Gasteiger partial charge in [-0.05, 0) is 46.1 Å². The summed E-state index contributed by atoms with van der Waals surface area (Å²) >= 11 is 3.28. The molecule has 2 rings (SSSR count). The smallest absolute Gasteiger partial charge is 0.307 e. The molecule has 0 bridgehead atoms. The van der Waals surface area contributed by atoms with Gasteiger partial charge in [0.15, 0.2) is 11.6 Å². The van der Waals surface area contributed by atoms with Crippen molar-refractivity contribution >= 4 is 21.9 Å². The van der Waals surface area contributed by atoms with Crippen molar-refractivity contribution in [3.63, 3.8) is 0 Å². The second-order valence-corrected chi connectivity index (χ2v) is 5.94. The van der Waals surface area contributed by atoms with Gasteiger partial charge in [0.1, 0.15) is 5.75 Å². The fourth-order valence-electron chi connectivity index (χ4n) is 2.27. The number of halogens is 2. The van der Waals surface area contributed by atoms with E-state index in [1.165, 1.54) is 24.3 Å². The van der Waals surface area contributed by atoms with Crippen molar-refractivity contribution in [3.8, 4) is 23.6 Å². The van der Waals surface area contributed by atoms with Crippen LogP contribution in [-0.4, -0.2) is 11.1 Å². The summed E-state index contributed by atoms with van der Waals surface area (Å²) in [5.41, 5.74) is 1.08. The van der Waals surface area contributed by atoms with Gasteiger partial charge in [-0.1, -0.05) is 13.0 Å². The summed E-state index contributed by atoms with van der Waals surface area (Å²) in [5, 5.41) is 27.0. The topological polar surface area (TPSA) is 94.1 Å². The third kappa shape index (κ3) is 4.14. The number of aryl methyl sites for hydroxylation is 1. The highest BCUT2D eigenvalue weighted by molar-refractivity contribution is 9.10. The van der Waals surface area contributed by atoms with Crippen molar-refractivity contribution in [2.45, 2.75) is 19.8 Å². The van der Waals surface area contributed by atoms with E-state index in [0.29, 0.717) is 16.5 Å². The molecule has 0 aliphatic rings. The Morgan fingerprint density at radius 2 is 1.80 bits per heavy atom. The first kappa shape index (κ1) is 18.4. The largest absolute Gasteiger partial charge is 0.481 e. The van der Waals surface area contributed by atoms with Crippen LogP contribution in [0.25, 0.3) is 0 Å². The van der Waals surface area contributed by atoms with Gasteiger partial charge in [0.25, 0.3) is 0 Å². The number of carbonyl (C=O) groups is 1. The highest BCUT2D eigenvalue weighted by Gasteiger charge is 2.20. The van der Waals surface area contributed by atoms with E-state index >= 15 is 0 Å². The molecule has 1 N–H and O–H groups in total. The molecule has 0 amide bonds. The first-order chi connectivity index (χ1) is 11.9. The molecule has 0 radical (unpaired) electrons. The van der Waals surface area contributed by atoms with Gasteiger partial charge in [0.05, 0.1) is 34.2 Å². The van der Waals surface area contributed by atoms with Gasteiger partial charge in [-0.2, -0.15) is 10.5 Å². The summed E-state index contributed by atoms with van der Waals surface area (Å²) < 4.78 is 20.6. The Balaban J connectivity index is 2.58. The molecule has 0 atom stereocenters. The van der Waals surface area contributed by atoms with Gasteiger partial charge in [0.2, 0.25) is 0 Å². The van der Waals surface area contributed by atoms with Gasteiger partial charge in [-0.3, -0.25) is 4.79 Å². The number of rotatable bonds is 5. The molecule has 0 spiro atoms. The number of nitrogens with zero attached hydrogens (tertiary/aromatic N) is 2. The van der Waals surface area contributed by atoms with E-state index in [9.17, 15) is 9.18 Å². The Bertz CT molecular complexity index is 897. The minimum atomic E-state index is -1.16. The van der Waals surface area contributed by atoms with Crippen molar-refractivity contribution in [1.82, 2.24) is 0 Å². The second kappa shape index (κ2) is 7.78. The molecule has 0 fully saturated rings. The van der Waals surface area contributed by atoms with Crippen LogP contribution in [0.3, 0.4) is 0 Å². The van der Waals surface area contributed by atoms with Crippen molar-refractivity contribution in [2.75, 3.05) is 0 Å². The van der Waals surface area contributed by atoms with Crippen molar-refractivity contribution < 1.29 is 19.0 Å². The average Bonchev–Trinajstić information content (AvgIpc) is 2.60. The maximum absolute atomic E-state index is 14.7. The van der Waals surface area contributed by atoms with E-state index in [2.05, 4.69) is 15.9 Å². The molecule has 0 aliphatic carbocycles. The summed E-state index contributed by atoms with van der Waals surface area (Å²) in [6.07, 6.45) is 0.0513. The molecule has 0 saturated heterocycles. The van der Waals surface area contributed by atoms with E-state index in [1.807, 2.05) is 19.1 Å². The van der Waals surface area contributed by atoms with Crippen LogP contribution >= 0.6 is 15.9 Å². The normalized spacial score (nSPS) is 9.96. The van der Waals surface area contributed by atoms with Crippen LogP contribution in [0.1, 0.15) is 29.2 Å². The molecule has 0 aliphatic heterocycles. The molecule has 126 valence electrons. The molecule has 5 nitrogen and oxygen atoms in total. The summed E-state index contributed by atoms with van der Waals surface area (Å²) in [4.78, 5) is 11.0. The number of benzene rings is 2. The molecule has 2 aromatic carbocycles. The summed E-state index contributed by atoms with van der Waals surface area (Å²) in [6, 6.07) is 9.42. The predicted molar refractivity (Wildman–Crippen MR) is 90.8 cm³/mol. The number of hydrogen-bond acceptors (Lipinski definition) is 4. The van der Waals surface area contributed by atoms with Crippen molar-refractivity contribution in [1.29, 1.82) is 10.5 Å². The molecule has 2 aromatic rings. The lowest BCUT2D eigenvalue weighted by Crippen LogP contribution is -2.06. The summed E-state index contributed by atoms with van der Waals surface area (Å²) in [7, 11) is 0. The molecule has 7 heteroatoms. The van der Waals surface area contributed by atoms with Crippen LogP contribution in [0.2, 0.25) is 0 Å². The standard InChI is InChI=1S/C18H12BrFN2O3/c1-2-12-6-13(7-15(23)24)17(20)18(16(12)19)25-14-4-10(8-21)3-11(5-14)9-22/h3-6H,2,7H2,1H3,(H,23,24). The molecular formula is C18H12BrFN2O3. The quantitative estimate of drug-likeness (QED) is 0.803. The van der Waals surface area contributed by atoms with E-state index in [0.717, 1.165) is 0 Å². The van der Waals surface area contributed by atoms with Crippen LogP contribution in [0.4, 0.5) is 4.39 Å². The minimum absolute atomic E-state index is 0.000468. The Kier molecular flexibility index (Phi) is 5.74. The molecule has 25 heavy (non-hydrogen) atoms. The van der Waals surface area contributed by atoms with Gasteiger partial charge in [-0.25, -0.2) is 4.39 Å². The van der Waals surface area contributed by atoms with E-state index in [-0.39, 0.29) is 28.2 Å². The van der Waals surface area contributed by atoms with E-state index < -0.39 is 18.2 Å². The fraction of sp³-hybridized carbons (Fsp3) is 0.167. The highest BCUT2D eigenvalue weighted by Crippen LogP contribution is 2.38. The fourth-order valence-corrected chi connectivity index (χ4v) is 2.92. The summed E-state index contributed by atoms with van der Waals surface area (Å²) in [6.45, 7) is 1.84. The first-order valence-corrected chi connectivity index (χ1v) is 8.03. The van der Waals surface area contributed by atoms with Crippen LogP contribution in [0.5, 0.6) is 11.5 Å². The number of carboxylic acid groups (broad SMARTS) is 1. The lowest BCUT2D eigenvalue weighted by molar-refractivity contribution is -0.136. The SMILES string of the molecule is CCc1cc(CC(=O)O)c(F)c(Oc2cc(C#N)cc(C#N)c2)c1Br. The molecular weight excluding hydrogens is 391 g/mol. The number of aliphatic carboxylic acids is 1. The number of nitriles is 2. The van der Waals surface area contributed by atoms with Gasteiger partial charge < -0.3 is 9.84 Å². The lowest BCUT2D eigenvalue weighted by atomic mass is 10.0.